The molecule has 0 radical (unpaired) electrons. The number of benzene rings is 3. The standard InChI is InChI=1S/C28H32O6/c1-30-20-24-25(31-17-21-11-5-2-6-12-21)26(32-18-22-13-7-3-8-14-22)27(28(29)34-24)33-19-23-15-9-4-10-16-23/h2-16,24-29H,17-20H2,1H3/t24-,25-,26+,27-,28+/m1/s1. The van der Waals surface area contributed by atoms with Crippen LogP contribution in [0.25, 0.3) is 0 Å². The fourth-order valence-electron chi connectivity index (χ4n) is 4.06. The van der Waals surface area contributed by atoms with Crippen LogP contribution in [0.5, 0.6) is 0 Å². The molecule has 0 aromatic heterocycles. The predicted molar refractivity (Wildman–Crippen MR) is 128 cm³/mol. The van der Waals surface area contributed by atoms with E-state index in [-0.39, 0.29) is 6.61 Å². The maximum Gasteiger partial charge on any atom is 0.184 e. The quantitative estimate of drug-likeness (QED) is 0.461. The number of hydrogen-bond donors (Lipinski definition) is 1. The minimum absolute atomic E-state index is 0.257. The van der Waals surface area contributed by atoms with Crippen molar-refractivity contribution in [2.75, 3.05) is 13.7 Å². The summed E-state index contributed by atoms with van der Waals surface area (Å²) in [5.41, 5.74) is 3.06. The SMILES string of the molecule is COC[C@H]1O[C@H](O)[C@H](OCc2ccccc2)[C@@H](OCc2ccccc2)[C@@H]1OCc1ccccc1. The zero-order valence-corrected chi connectivity index (χ0v) is 19.4. The lowest BCUT2D eigenvalue weighted by atomic mass is 9.98. The normalized spacial score (nSPS) is 24.7. The van der Waals surface area contributed by atoms with Crippen LogP contribution in [0.2, 0.25) is 0 Å². The van der Waals surface area contributed by atoms with Gasteiger partial charge in [-0.1, -0.05) is 91.0 Å². The molecule has 180 valence electrons. The molecule has 4 rings (SSSR count). The number of rotatable bonds is 11. The van der Waals surface area contributed by atoms with Crippen molar-refractivity contribution in [1.29, 1.82) is 0 Å². The van der Waals surface area contributed by atoms with Crippen LogP contribution < -0.4 is 0 Å². The van der Waals surface area contributed by atoms with Crippen LogP contribution in [-0.4, -0.2) is 49.5 Å². The van der Waals surface area contributed by atoms with Gasteiger partial charge in [0, 0.05) is 7.11 Å². The Morgan fingerprint density at radius 3 is 1.47 bits per heavy atom. The van der Waals surface area contributed by atoms with Crippen molar-refractivity contribution < 1.29 is 28.8 Å². The Morgan fingerprint density at radius 1 is 0.618 bits per heavy atom. The smallest absolute Gasteiger partial charge is 0.184 e. The number of hydrogen-bond acceptors (Lipinski definition) is 6. The van der Waals surface area contributed by atoms with E-state index < -0.39 is 30.7 Å². The van der Waals surface area contributed by atoms with Gasteiger partial charge in [0.2, 0.25) is 0 Å². The van der Waals surface area contributed by atoms with E-state index in [1.807, 2.05) is 91.0 Å². The van der Waals surface area contributed by atoms with Crippen LogP contribution in [0.4, 0.5) is 0 Å². The summed E-state index contributed by atoms with van der Waals surface area (Å²) in [6, 6.07) is 29.7. The third-order valence-corrected chi connectivity index (χ3v) is 5.80. The molecule has 1 aliphatic rings. The molecule has 6 nitrogen and oxygen atoms in total. The van der Waals surface area contributed by atoms with E-state index >= 15 is 0 Å². The van der Waals surface area contributed by atoms with E-state index in [0.29, 0.717) is 19.8 Å². The highest BCUT2D eigenvalue weighted by Gasteiger charge is 2.47. The summed E-state index contributed by atoms with van der Waals surface area (Å²) >= 11 is 0. The summed E-state index contributed by atoms with van der Waals surface area (Å²) in [6.07, 6.45) is -3.51. The lowest BCUT2D eigenvalue weighted by molar-refractivity contribution is -0.316. The fraction of sp³-hybridized carbons (Fsp3) is 0.357. The lowest BCUT2D eigenvalue weighted by Gasteiger charge is -2.44. The molecule has 0 aliphatic carbocycles. The van der Waals surface area contributed by atoms with Gasteiger partial charge in [-0.25, -0.2) is 0 Å². The Kier molecular flexibility index (Phi) is 9.21. The zero-order valence-electron chi connectivity index (χ0n) is 19.4. The van der Waals surface area contributed by atoms with E-state index in [0.717, 1.165) is 16.7 Å². The van der Waals surface area contributed by atoms with Gasteiger partial charge in [-0.15, -0.1) is 0 Å². The first-order valence-corrected chi connectivity index (χ1v) is 11.5. The molecule has 0 spiro atoms. The van der Waals surface area contributed by atoms with Gasteiger partial charge in [0.25, 0.3) is 0 Å². The maximum absolute atomic E-state index is 10.9. The molecule has 1 fully saturated rings. The largest absolute Gasteiger partial charge is 0.382 e. The second-order valence-electron chi connectivity index (χ2n) is 8.30. The highest BCUT2D eigenvalue weighted by Crippen LogP contribution is 2.29. The van der Waals surface area contributed by atoms with E-state index in [1.54, 1.807) is 7.11 Å². The van der Waals surface area contributed by atoms with E-state index in [4.69, 9.17) is 23.7 Å². The van der Waals surface area contributed by atoms with E-state index in [1.165, 1.54) is 0 Å². The Bertz CT molecular complexity index is 952. The summed E-state index contributed by atoms with van der Waals surface area (Å²) in [5, 5.41) is 10.9. The van der Waals surface area contributed by atoms with Crippen LogP contribution in [0.15, 0.2) is 91.0 Å². The molecule has 0 bridgehead atoms. The number of aliphatic hydroxyl groups is 1. The molecule has 1 saturated heterocycles. The molecule has 1 aliphatic heterocycles. The second-order valence-corrected chi connectivity index (χ2v) is 8.30. The number of ether oxygens (including phenoxy) is 5. The van der Waals surface area contributed by atoms with Crippen molar-refractivity contribution in [3.05, 3.63) is 108 Å². The minimum atomic E-state index is -1.18. The van der Waals surface area contributed by atoms with Gasteiger partial charge in [0.05, 0.1) is 26.4 Å². The van der Waals surface area contributed by atoms with Crippen LogP contribution in [0.3, 0.4) is 0 Å². The fourth-order valence-corrected chi connectivity index (χ4v) is 4.06. The van der Waals surface area contributed by atoms with Crippen molar-refractivity contribution in [3.63, 3.8) is 0 Å². The van der Waals surface area contributed by atoms with Gasteiger partial charge in [0.15, 0.2) is 6.29 Å². The van der Waals surface area contributed by atoms with E-state index in [2.05, 4.69) is 0 Å². The number of methoxy groups -OCH3 is 1. The minimum Gasteiger partial charge on any atom is -0.382 e. The van der Waals surface area contributed by atoms with Crippen molar-refractivity contribution in [2.24, 2.45) is 0 Å². The topological polar surface area (TPSA) is 66.4 Å². The van der Waals surface area contributed by atoms with Gasteiger partial charge >= 0.3 is 0 Å². The Morgan fingerprint density at radius 2 is 1.03 bits per heavy atom. The van der Waals surface area contributed by atoms with Crippen molar-refractivity contribution >= 4 is 0 Å². The Labute approximate surface area is 201 Å². The van der Waals surface area contributed by atoms with Crippen LogP contribution >= 0.6 is 0 Å². The van der Waals surface area contributed by atoms with Crippen molar-refractivity contribution in [2.45, 2.75) is 50.5 Å². The molecule has 3 aromatic carbocycles. The molecule has 5 atom stereocenters. The first-order chi connectivity index (χ1) is 16.7. The molecule has 1 N–H and O–H groups in total. The monoisotopic (exact) mass is 464 g/mol. The lowest BCUT2D eigenvalue weighted by Crippen LogP contribution is -2.61. The summed E-state index contributed by atoms with van der Waals surface area (Å²) in [6.45, 7) is 1.31. The van der Waals surface area contributed by atoms with Gasteiger partial charge in [-0.2, -0.15) is 0 Å². The van der Waals surface area contributed by atoms with Crippen molar-refractivity contribution in [1.82, 2.24) is 0 Å². The predicted octanol–water partition coefficient (Wildman–Crippen LogP) is 4.11. The van der Waals surface area contributed by atoms with Crippen molar-refractivity contribution in [3.8, 4) is 0 Å². The van der Waals surface area contributed by atoms with Crippen LogP contribution in [0.1, 0.15) is 16.7 Å². The van der Waals surface area contributed by atoms with Gasteiger partial charge in [-0.3, -0.25) is 0 Å². The molecule has 0 unspecified atom stereocenters. The third kappa shape index (κ3) is 6.73. The average molecular weight is 465 g/mol. The summed E-state index contributed by atoms with van der Waals surface area (Å²) in [7, 11) is 1.60. The molecule has 1 heterocycles. The highest BCUT2D eigenvalue weighted by molar-refractivity contribution is 5.15. The maximum atomic E-state index is 10.9. The summed E-state index contributed by atoms with van der Waals surface area (Å²) in [4.78, 5) is 0. The molecule has 6 heteroatoms. The average Bonchev–Trinajstić information content (AvgIpc) is 2.88. The number of aliphatic hydroxyl groups excluding tert-OH is 1. The third-order valence-electron chi connectivity index (χ3n) is 5.80. The Balaban J connectivity index is 1.55. The summed E-state index contributed by atoms with van der Waals surface area (Å²) in [5.74, 6) is 0. The first kappa shape index (κ1) is 24.5. The molecule has 3 aromatic rings. The zero-order chi connectivity index (χ0) is 23.6. The molecule has 0 saturated carbocycles. The molecular formula is C28H32O6. The highest BCUT2D eigenvalue weighted by atomic mass is 16.7. The molecule has 0 amide bonds. The summed E-state index contributed by atoms with van der Waals surface area (Å²) < 4.78 is 30.2. The van der Waals surface area contributed by atoms with Gasteiger partial charge < -0.3 is 28.8 Å². The van der Waals surface area contributed by atoms with Gasteiger partial charge in [0.1, 0.15) is 24.4 Å². The van der Waals surface area contributed by atoms with Crippen LogP contribution in [0, 0.1) is 0 Å². The Hall–Kier alpha value is -2.58. The van der Waals surface area contributed by atoms with Gasteiger partial charge in [-0.05, 0) is 16.7 Å². The first-order valence-electron chi connectivity index (χ1n) is 11.5. The van der Waals surface area contributed by atoms with Crippen LogP contribution in [-0.2, 0) is 43.5 Å². The molecular weight excluding hydrogens is 432 g/mol. The molecule has 34 heavy (non-hydrogen) atoms. The van der Waals surface area contributed by atoms with E-state index in [9.17, 15) is 5.11 Å². The second kappa shape index (κ2) is 12.8.